The second kappa shape index (κ2) is 4.60. The Morgan fingerprint density at radius 2 is 2.14 bits per heavy atom. The molecule has 112 valence electrons. The van der Waals surface area contributed by atoms with E-state index >= 15 is 0 Å². The molecule has 0 radical (unpaired) electrons. The molecule has 1 fully saturated rings. The molecule has 0 bridgehead atoms. The van der Waals surface area contributed by atoms with Gasteiger partial charge < -0.3 is 15.0 Å². The predicted molar refractivity (Wildman–Crippen MR) is 70.6 cm³/mol. The molecule has 1 aromatic heterocycles. The van der Waals surface area contributed by atoms with Crippen molar-refractivity contribution in [3.8, 4) is 0 Å². The van der Waals surface area contributed by atoms with Gasteiger partial charge in [-0.25, -0.2) is 9.59 Å². The van der Waals surface area contributed by atoms with Crippen molar-refractivity contribution in [1.82, 2.24) is 14.9 Å². The molecule has 2 heterocycles. The molecule has 1 atom stereocenters. The fraction of sp³-hybridized carbons (Fsp3) is 0.273. The van der Waals surface area contributed by atoms with E-state index in [0.717, 1.165) is 0 Å². The van der Waals surface area contributed by atoms with Crippen LogP contribution >= 0.6 is 0 Å². The SMILES string of the molecule is O=C1NCC(Cn2c(=O)[nH]c3cc(S(=O)(=O)O)ccc32)O1. The lowest BCUT2D eigenvalue weighted by molar-refractivity contribution is 0.131. The average molecular weight is 313 g/mol. The summed E-state index contributed by atoms with van der Waals surface area (Å²) in [5.41, 5.74) is 0.267. The lowest BCUT2D eigenvalue weighted by atomic mass is 10.3. The van der Waals surface area contributed by atoms with Crippen LogP contribution in [0.25, 0.3) is 11.0 Å². The van der Waals surface area contributed by atoms with Gasteiger partial charge in [-0.05, 0) is 18.2 Å². The fourth-order valence-electron chi connectivity index (χ4n) is 2.22. The van der Waals surface area contributed by atoms with Crippen LogP contribution in [0.2, 0.25) is 0 Å². The van der Waals surface area contributed by atoms with E-state index in [4.69, 9.17) is 9.29 Å². The minimum atomic E-state index is -4.34. The topological polar surface area (TPSA) is 130 Å². The first-order chi connectivity index (χ1) is 9.84. The van der Waals surface area contributed by atoms with Gasteiger partial charge in [-0.1, -0.05) is 0 Å². The highest BCUT2D eigenvalue weighted by atomic mass is 32.2. The van der Waals surface area contributed by atoms with Crippen molar-refractivity contribution in [2.75, 3.05) is 6.54 Å². The van der Waals surface area contributed by atoms with E-state index < -0.39 is 28.0 Å². The Morgan fingerprint density at radius 3 is 2.76 bits per heavy atom. The number of rotatable bonds is 3. The number of imidazole rings is 1. The number of alkyl carbamates (subject to hydrolysis) is 1. The number of benzene rings is 1. The van der Waals surface area contributed by atoms with Crippen molar-refractivity contribution in [3.63, 3.8) is 0 Å². The largest absolute Gasteiger partial charge is 0.442 e. The Kier molecular flexibility index (Phi) is 2.99. The monoisotopic (exact) mass is 313 g/mol. The Balaban J connectivity index is 2.02. The van der Waals surface area contributed by atoms with Crippen LogP contribution in [0.3, 0.4) is 0 Å². The molecule has 1 saturated heterocycles. The second-order valence-electron chi connectivity index (χ2n) is 4.60. The van der Waals surface area contributed by atoms with Crippen molar-refractivity contribution < 1.29 is 22.5 Å². The molecule has 1 aliphatic heterocycles. The highest BCUT2D eigenvalue weighted by Gasteiger charge is 2.24. The van der Waals surface area contributed by atoms with Crippen LogP contribution < -0.4 is 11.0 Å². The summed E-state index contributed by atoms with van der Waals surface area (Å²) in [6, 6.07) is 3.77. The van der Waals surface area contributed by atoms with E-state index in [1.54, 1.807) is 0 Å². The number of fused-ring (bicyclic) bond motifs is 1. The van der Waals surface area contributed by atoms with Gasteiger partial charge in [0.1, 0.15) is 6.10 Å². The maximum absolute atomic E-state index is 11.9. The highest BCUT2D eigenvalue weighted by molar-refractivity contribution is 7.85. The van der Waals surface area contributed by atoms with Crippen molar-refractivity contribution >= 4 is 27.2 Å². The predicted octanol–water partition coefficient (Wildman–Crippen LogP) is -0.315. The molecule has 0 aliphatic carbocycles. The van der Waals surface area contributed by atoms with Gasteiger partial charge in [-0.3, -0.25) is 9.12 Å². The van der Waals surface area contributed by atoms with Gasteiger partial charge in [0.15, 0.2) is 0 Å². The van der Waals surface area contributed by atoms with Gasteiger partial charge in [0.05, 0.1) is 29.0 Å². The van der Waals surface area contributed by atoms with E-state index in [-0.39, 0.29) is 17.0 Å². The smallest absolute Gasteiger partial charge is 0.407 e. The summed E-state index contributed by atoms with van der Waals surface area (Å²) in [7, 11) is -4.34. The molecule has 1 aromatic carbocycles. The summed E-state index contributed by atoms with van der Waals surface area (Å²) in [5.74, 6) is 0. The first kappa shape index (κ1) is 13.6. The summed E-state index contributed by atoms with van der Waals surface area (Å²) in [4.78, 5) is 25.1. The minimum Gasteiger partial charge on any atom is -0.442 e. The van der Waals surface area contributed by atoms with E-state index in [1.807, 2.05) is 0 Å². The lowest BCUT2D eigenvalue weighted by Gasteiger charge is -2.08. The molecule has 0 spiro atoms. The van der Waals surface area contributed by atoms with Crippen molar-refractivity contribution in [2.24, 2.45) is 0 Å². The van der Waals surface area contributed by atoms with Gasteiger partial charge in [0.25, 0.3) is 10.1 Å². The van der Waals surface area contributed by atoms with Gasteiger partial charge in [0, 0.05) is 0 Å². The van der Waals surface area contributed by atoms with Crippen LogP contribution in [0, 0.1) is 0 Å². The molecule has 21 heavy (non-hydrogen) atoms. The number of aromatic amines is 1. The number of aromatic nitrogens is 2. The van der Waals surface area contributed by atoms with Crippen molar-refractivity contribution in [1.29, 1.82) is 0 Å². The number of H-pyrrole nitrogens is 1. The fourth-order valence-corrected chi connectivity index (χ4v) is 2.73. The normalized spacial score (nSPS) is 18.7. The van der Waals surface area contributed by atoms with Crippen LogP contribution in [-0.2, 0) is 21.4 Å². The van der Waals surface area contributed by atoms with Crippen LogP contribution in [0.1, 0.15) is 0 Å². The third-order valence-corrected chi connectivity index (χ3v) is 4.03. The third kappa shape index (κ3) is 2.50. The maximum Gasteiger partial charge on any atom is 0.407 e. The number of hydrogen-bond donors (Lipinski definition) is 3. The van der Waals surface area contributed by atoms with Gasteiger partial charge in [-0.15, -0.1) is 0 Å². The number of cyclic esters (lactones) is 1. The number of carbonyl (C=O) groups is 1. The van der Waals surface area contributed by atoms with Crippen molar-refractivity contribution in [3.05, 3.63) is 28.7 Å². The zero-order valence-corrected chi connectivity index (χ0v) is 11.4. The minimum absolute atomic E-state index is 0.142. The van der Waals surface area contributed by atoms with E-state index in [0.29, 0.717) is 12.1 Å². The number of hydrogen-bond acceptors (Lipinski definition) is 5. The number of nitrogens with one attached hydrogen (secondary N) is 2. The Bertz CT molecular complexity index is 881. The summed E-state index contributed by atoms with van der Waals surface area (Å²) in [6.45, 7) is 0.434. The lowest BCUT2D eigenvalue weighted by Crippen LogP contribution is -2.27. The average Bonchev–Trinajstić information content (AvgIpc) is 2.93. The zero-order valence-electron chi connectivity index (χ0n) is 10.6. The molecule has 3 N–H and O–H groups in total. The number of carbonyl (C=O) groups excluding carboxylic acids is 1. The van der Waals surface area contributed by atoms with E-state index in [2.05, 4.69) is 10.3 Å². The number of amides is 1. The molecule has 1 unspecified atom stereocenters. The highest BCUT2D eigenvalue weighted by Crippen LogP contribution is 2.17. The molecular weight excluding hydrogens is 302 g/mol. The second-order valence-corrected chi connectivity index (χ2v) is 6.02. The first-order valence-electron chi connectivity index (χ1n) is 5.99. The van der Waals surface area contributed by atoms with Crippen LogP contribution in [0.4, 0.5) is 4.79 Å². The van der Waals surface area contributed by atoms with E-state index in [1.165, 1.54) is 22.8 Å². The molecule has 3 rings (SSSR count). The van der Waals surface area contributed by atoms with Crippen LogP contribution in [0.15, 0.2) is 27.9 Å². The molecule has 1 amide bonds. The van der Waals surface area contributed by atoms with Gasteiger partial charge in [-0.2, -0.15) is 8.42 Å². The summed E-state index contributed by atoms with van der Waals surface area (Å²) < 4.78 is 37.4. The Labute approximate surface area is 118 Å². The van der Waals surface area contributed by atoms with Crippen LogP contribution in [-0.4, -0.2) is 41.3 Å². The number of ether oxygens (including phenoxy) is 1. The molecule has 1 aliphatic rings. The standard InChI is InChI=1S/C11H11N3O6S/c15-10-13-8-3-7(21(17,18)19)1-2-9(8)14(10)5-6-4-12-11(16)20-6/h1-3,6H,4-5H2,(H,12,16)(H,13,15)(H,17,18,19). The maximum atomic E-state index is 11.9. The number of nitrogens with zero attached hydrogens (tertiary/aromatic N) is 1. The summed E-state index contributed by atoms with van der Waals surface area (Å²) >= 11 is 0. The van der Waals surface area contributed by atoms with E-state index in [9.17, 15) is 18.0 Å². The zero-order chi connectivity index (χ0) is 15.2. The molecule has 10 heteroatoms. The summed E-state index contributed by atoms with van der Waals surface area (Å²) in [6.07, 6.45) is -1.02. The Hall–Kier alpha value is -2.33. The van der Waals surface area contributed by atoms with Gasteiger partial charge in [0.2, 0.25) is 0 Å². The molecular formula is C11H11N3O6S. The molecule has 9 nitrogen and oxygen atoms in total. The Morgan fingerprint density at radius 1 is 1.38 bits per heavy atom. The molecule has 0 saturated carbocycles. The first-order valence-corrected chi connectivity index (χ1v) is 7.43. The summed E-state index contributed by atoms with van der Waals surface area (Å²) in [5, 5.41) is 2.48. The third-order valence-electron chi connectivity index (χ3n) is 3.18. The molecule has 2 aromatic rings. The van der Waals surface area contributed by atoms with Gasteiger partial charge >= 0.3 is 11.8 Å². The van der Waals surface area contributed by atoms with Crippen molar-refractivity contribution in [2.45, 2.75) is 17.5 Å². The quantitative estimate of drug-likeness (QED) is 0.666. The van der Waals surface area contributed by atoms with Crippen LogP contribution in [0.5, 0.6) is 0 Å².